The second kappa shape index (κ2) is 5.01. The van der Waals surface area contributed by atoms with Crippen LogP contribution < -0.4 is 15.1 Å². The highest BCUT2D eigenvalue weighted by molar-refractivity contribution is 5.91. The summed E-state index contributed by atoms with van der Waals surface area (Å²) in [6.07, 6.45) is -0.356. The van der Waals surface area contributed by atoms with Crippen molar-refractivity contribution in [1.29, 1.82) is 0 Å². The number of carboxylic acids is 1. The van der Waals surface area contributed by atoms with Crippen molar-refractivity contribution in [3.05, 3.63) is 34.2 Å². The van der Waals surface area contributed by atoms with Crippen molar-refractivity contribution >= 4 is 16.9 Å². The summed E-state index contributed by atoms with van der Waals surface area (Å²) in [6, 6.07) is 4.89. The van der Waals surface area contributed by atoms with Crippen molar-refractivity contribution in [2.24, 2.45) is 0 Å². The molecular formula is C13H12O6. The van der Waals surface area contributed by atoms with Gasteiger partial charge in [0.2, 0.25) is 5.75 Å². The van der Waals surface area contributed by atoms with Crippen LogP contribution in [0.3, 0.4) is 0 Å². The number of rotatable bonds is 4. The van der Waals surface area contributed by atoms with Gasteiger partial charge in [-0.3, -0.25) is 4.79 Å². The van der Waals surface area contributed by atoms with E-state index in [0.717, 1.165) is 0 Å². The first-order valence-electron chi connectivity index (χ1n) is 5.47. The summed E-state index contributed by atoms with van der Waals surface area (Å²) in [5.74, 6) is -0.758. The maximum Gasteiger partial charge on any atom is 0.379 e. The Kier molecular flexibility index (Phi) is 3.41. The summed E-state index contributed by atoms with van der Waals surface area (Å²) in [5.41, 5.74) is -0.195. The third kappa shape index (κ3) is 2.24. The number of carbonyl (C=O) groups is 1. The molecule has 6 heteroatoms. The minimum absolute atomic E-state index is 0.112. The number of carboxylic acid groups (broad SMARTS) is 1. The van der Waals surface area contributed by atoms with E-state index in [0.29, 0.717) is 11.1 Å². The van der Waals surface area contributed by atoms with E-state index in [1.807, 2.05) is 0 Å². The number of aliphatic carboxylic acids is 1. The highest BCUT2D eigenvalue weighted by Crippen LogP contribution is 2.32. The molecule has 0 saturated carbocycles. The monoisotopic (exact) mass is 264 g/mol. The number of ether oxygens (including phenoxy) is 2. The second-order valence-electron chi connectivity index (χ2n) is 3.81. The Bertz CT molecular complexity index is 685. The third-order valence-corrected chi connectivity index (χ3v) is 2.70. The van der Waals surface area contributed by atoms with E-state index in [2.05, 4.69) is 0 Å². The Labute approximate surface area is 108 Å². The predicted molar refractivity (Wildman–Crippen MR) is 66.9 cm³/mol. The third-order valence-electron chi connectivity index (χ3n) is 2.70. The molecule has 2 aromatic rings. The van der Waals surface area contributed by atoms with E-state index in [-0.39, 0.29) is 23.3 Å². The molecule has 0 aliphatic rings. The zero-order valence-electron chi connectivity index (χ0n) is 10.4. The minimum atomic E-state index is -1.07. The van der Waals surface area contributed by atoms with E-state index in [9.17, 15) is 9.59 Å². The Morgan fingerprint density at radius 3 is 2.63 bits per heavy atom. The topological polar surface area (TPSA) is 86.0 Å². The quantitative estimate of drug-likeness (QED) is 0.841. The van der Waals surface area contributed by atoms with Gasteiger partial charge < -0.3 is 19.0 Å². The van der Waals surface area contributed by atoms with Crippen molar-refractivity contribution in [1.82, 2.24) is 0 Å². The molecular weight excluding hydrogens is 252 g/mol. The van der Waals surface area contributed by atoms with E-state index in [1.165, 1.54) is 14.2 Å². The molecule has 2 rings (SSSR count). The summed E-state index contributed by atoms with van der Waals surface area (Å²) in [7, 11) is 2.75. The lowest BCUT2D eigenvalue weighted by atomic mass is 10.1. The fourth-order valence-corrected chi connectivity index (χ4v) is 1.97. The maximum absolute atomic E-state index is 11.7. The van der Waals surface area contributed by atoms with Gasteiger partial charge in [-0.1, -0.05) is 6.07 Å². The van der Waals surface area contributed by atoms with Crippen LogP contribution in [-0.4, -0.2) is 25.3 Å². The average Bonchev–Trinajstić information content (AvgIpc) is 2.37. The number of benzene rings is 1. The molecule has 0 bridgehead atoms. The fourth-order valence-electron chi connectivity index (χ4n) is 1.97. The van der Waals surface area contributed by atoms with Crippen LogP contribution in [0.5, 0.6) is 11.5 Å². The lowest BCUT2D eigenvalue weighted by Crippen LogP contribution is -2.12. The first-order valence-corrected chi connectivity index (χ1v) is 5.47. The van der Waals surface area contributed by atoms with Crippen LogP contribution in [0, 0.1) is 0 Å². The SMILES string of the molecule is COc1c(CC(=O)O)c2c(OC)cccc2oc1=O. The van der Waals surface area contributed by atoms with Gasteiger partial charge in [0.1, 0.15) is 11.3 Å². The summed E-state index contributed by atoms with van der Waals surface area (Å²) < 4.78 is 15.2. The van der Waals surface area contributed by atoms with E-state index < -0.39 is 11.6 Å². The molecule has 6 nitrogen and oxygen atoms in total. The standard InChI is InChI=1S/C13H12O6/c1-17-8-4-3-5-9-11(8)7(6-10(14)15)12(18-2)13(16)19-9/h3-5H,6H2,1-2H3,(H,14,15). The van der Waals surface area contributed by atoms with Crippen LogP contribution in [0.2, 0.25) is 0 Å². The summed E-state index contributed by atoms with van der Waals surface area (Å²) in [6.45, 7) is 0. The molecule has 0 amide bonds. The lowest BCUT2D eigenvalue weighted by molar-refractivity contribution is -0.136. The number of hydrogen-bond donors (Lipinski definition) is 1. The van der Waals surface area contributed by atoms with E-state index in [4.69, 9.17) is 19.0 Å². The first kappa shape index (κ1) is 12.9. The Balaban J connectivity index is 2.90. The summed E-state index contributed by atoms with van der Waals surface area (Å²) in [5, 5.41) is 9.41. The first-order chi connectivity index (χ1) is 9.08. The van der Waals surface area contributed by atoms with E-state index >= 15 is 0 Å². The van der Waals surface area contributed by atoms with Crippen molar-refractivity contribution in [3.63, 3.8) is 0 Å². The molecule has 0 unspecified atom stereocenters. The van der Waals surface area contributed by atoms with Crippen LogP contribution in [0.25, 0.3) is 11.0 Å². The molecule has 0 fully saturated rings. The Hall–Kier alpha value is -2.50. The smallest absolute Gasteiger partial charge is 0.379 e. The molecule has 1 heterocycles. The van der Waals surface area contributed by atoms with Gasteiger partial charge in [0, 0.05) is 5.56 Å². The zero-order valence-corrected chi connectivity index (χ0v) is 10.4. The molecule has 0 radical (unpaired) electrons. The molecule has 1 aromatic heterocycles. The van der Waals surface area contributed by atoms with Crippen molar-refractivity contribution in [2.45, 2.75) is 6.42 Å². The normalized spacial score (nSPS) is 10.4. The van der Waals surface area contributed by atoms with Crippen molar-refractivity contribution < 1.29 is 23.8 Å². The molecule has 1 N–H and O–H groups in total. The highest BCUT2D eigenvalue weighted by atomic mass is 16.5. The number of hydrogen-bond acceptors (Lipinski definition) is 5. The molecule has 100 valence electrons. The average molecular weight is 264 g/mol. The van der Waals surface area contributed by atoms with Crippen LogP contribution in [0.15, 0.2) is 27.4 Å². The van der Waals surface area contributed by atoms with Crippen LogP contribution >= 0.6 is 0 Å². The molecule has 0 saturated heterocycles. The van der Waals surface area contributed by atoms with Gasteiger partial charge in [-0.15, -0.1) is 0 Å². The largest absolute Gasteiger partial charge is 0.496 e. The predicted octanol–water partition coefficient (Wildman–Crippen LogP) is 1.44. The lowest BCUT2D eigenvalue weighted by Gasteiger charge is -2.11. The second-order valence-corrected chi connectivity index (χ2v) is 3.81. The Morgan fingerprint density at radius 2 is 2.05 bits per heavy atom. The maximum atomic E-state index is 11.7. The zero-order chi connectivity index (χ0) is 14.0. The highest BCUT2D eigenvalue weighted by Gasteiger charge is 2.20. The molecule has 0 aliphatic heterocycles. The molecule has 1 aromatic carbocycles. The van der Waals surface area contributed by atoms with Gasteiger partial charge in [0.15, 0.2) is 0 Å². The number of fused-ring (bicyclic) bond motifs is 1. The van der Waals surface area contributed by atoms with Gasteiger partial charge in [-0.2, -0.15) is 0 Å². The van der Waals surface area contributed by atoms with Crippen molar-refractivity contribution in [3.8, 4) is 11.5 Å². The summed E-state index contributed by atoms with van der Waals surface area (Å²) >= 11 is 0. The van der Waals surface area contributed by atoms with Crippen LogP contribution in [-0.2, 0) is 11.2 Å². The summed E-state index contributed by atoms with van der Waals surface area (Å²) in [4.78, 5) is 22.7. The van der Waals surface area contributed by atoms with Gasteiger partial charge in [-0.25, -0.2) is 4.79 Å². The van der Waals surface area contributed by atoms with E-state index in [1.54, 1.807) is 18.2 Å². The Morgan fingerprint density at radius 1 is 1.32 bits per heavy atom. The molecule has 19 heavy (non-hydrogen) atoms. The fraction of sp³-hybridized carbons (Fsp3) is 0.231. The number of methoxy groups -OCH3 is 2. The van der Waals surface area contributed by atoms with Gasteiger partial charge in [-0.05, 0) is 12.1 Å². The van der Waals surface area contributed by atoms with Crippen LogP contribution in [0.1, 0.15) is 5.56 Å². The minimum Gasteiger partial charge on any atom is -0.496 e. The van der Waals surface area contributed by atoms with Gasteiger partial charge >= 0.3 is 11.6 Å². The van der Waals surface area contributed by atoms with Gasteiger partial charge in [0.25, 0.3) is 0 Å². The van der Waals surface area contributed by atoms with Crippen LogP contribution in [0.4, 0.5) is 0 Å². The molecule has 0 aliphatic carbocycles. The van der Waals surface area contributed by atoms with Gasteiger partial charge in [0.05, 0.1) is 26.0 Å². The molecule has 0 atom stereocenters. The van der Waals surface area contributed by atoms with Crippen molar-refractivity contribution in [2.75, 3.05) is 14.2 Å². The molecule has 0 spiro atoms.